The van der Waals surface area contributed by atoms with Crippen LogP contribution >= 0.6 is 0 Å². The van der Waals surface area contributed by atoms with E-state index in [4.69, 9.17) is 14.2 Å². The van der Waals surface area contributed by atoms with Crippen molar-refractivity contribution in [2.45, 2.75) is 12.8 Å². The average molecular weight is 438 g/mol. The summed E-state index contributed by atoms with van der Waals surface area (Å²) in [5.74, 6) is 1.16. The Labute approximate surface area is 179 Å². The first-order valence-electron chi connectivity index (χ1n) is 9.46. The fourth-order valence-corrected chi connectivity index (χ4v) is 3.35. The van der Waals surface area contributed by atoms with E-state index in [0.717, 1.165) is 0 Å². The van der Waals surface area contributed by atoms with Crippen LogP contribution in [0.25, 0.3) is 0 Å². The molecule has 0 aliphatic carbocycles. The highest BCUT2D eigenvalue weighted by Gasteiger charge is 2.19. The van der Waals surface area contributed by atoms with E-state index in [1.54, 1.807) is 24.1 Å². The topological polar surface area (TPSA) is 82.1 Å². The van der Waals surface area contributed by atoms with Crippen LogP contribution < -0.4 is 14.2 Å². The number of carbonyl (C=O) groups is 1. The largest absolute Gasteiger partial charge is 0.493 e. The number of benzene rings is 2. The Bertz CT molecular complexity index is 832. The molecule has 0 heterocycles. The Balaban J connectivity index is 0.000000637. The fraction of sp³-hybridized carbons (Fsp3) is 0.409. The van der Waals surface area contributed by atoms with Gasteiger partial charge in [-0.05, 0) is 25.0 Å². The van der Waals surface area contributed by atoms with Crippen molar-refractivity contribution >= 4 is 15.7 Å². The maximum atomic E-state index is 12.5. The predicted molar refractivity (Wildman–Crippen MR) is 118 cm³/mol. The monoisotopic (exact) mass is 437 g/mol. The fourth-order valence-electron chi connectivity index (χ4n) is 2.62. The molecule has 0 fully saturated rings. The number of carbonyl (C=O) groups excluding carboxylic acids is 1. The molecule has 0 aromatic heterocycles. The zero-order valence-electron chi connectivity index (χ0n) is 18.3. The summed E-state index contributed by atoms with van der Waals surface area (Å²) in [6, 6.07) is 15.2. The summed E-state index contributed by atoms with van der Waals surface area (Å²) < 4.78 is 37.9. The predicted octanol–water partition coefficient (Wildman–Crippen LogP) is 3.30. The molecule has 0 saturated carbocycles. The van der Waals surface area contributed by atoms with Gasteiger partial charge in [-0.15, -0.1) is 0 Å². The summed E-state index contributed by atoms with van der Waals surface area (Å²) in [5.41, 5.74) is 0.412. The Hall–Kier alpha value is -2.74. The number of methoxy groups -OCH3 is 3. The normalized spacial score (nSPS) is 10.4. The van der Waals surface area contributed by atoms with Gasteiger partial charge in [0.05, 0.1) is 21.3 Å². The van der Waals surface area contributed by atoms with E-state index < -0.39 is 9.84 Å². The van der Waals surface area contributed by atoms with Gasteiger partial charge in [-0.25, -0.2) is 8.42 Å². The van der Waals surface area contributed by atoms with Gasteiger partial charge >= 0.3 is 0 Å². The lowest BCUT2D eigenvalue weighted by atomic mass is 10.1. The molecule has 0 aliphatic rings. The zero-order valence-corrected chi connectivity index (χ0v) is 19.1. The van der Waals surface area contributed by atoms with Crippen LogP contribution in [0.3, 0.4) is 0 Å². The number of nitrogens with zero attached hydrogens (tertiary/aromatic N) is 1. The Morgan fingerprint density at radius 2 is 1.33 bits per heavy atom. The molecule has 0 N–H and O–H groups in total. The SMILES string of the molecule is COc1cc(C(=O)N(C)CCCCS(C)(=O)=O)cc(OC)c1OC.c1ccccc1. The number of sulfone groups is 1. The van der Waals surface area contributed by atoms with E-state index in [9.17, 15) is 13.2 Å². The second-order valence-electron chi connectivity index (χ2n) is 6.63. The van der Waals surface area contributed by atoms with Crippen molar-refractivity contribution in [2.75, 3.05) is 46.9 Å². The number of rotatable bonds is 9. The molecule has 7 nitrogen and oxygen atoms in total. The van der Waals surface area contributed by atoms with Gasteiger partial charge in [0, 0.05) is 31.2 Å². The first-order chi connectivity index (χ1) is 14.2. The van der Waals surface area contributed by atoms with Gasteiger partial charge in [0.1, 0.15) is 9.84 Å². The average Bonchev–Trinajstić information content (AvgIpc) is 2.75. The molecule has 0 spiro atoms. The van der Waals surface area contributed by atoms with E-state index in [0.29, 0.717) is 42.2 Å². The van der Waals surface area contributed by atoms with Crippen LogP contribution in [0.15, 0.2) is 48.5 Å². The van der Waals surface area contributed by atoms with Crippen molar-refractivity contribution in [3.05, 3.63) is 54.1 Å². The second-order valence-corrected chi connectivity index (χ2v) is 8.89. The van der Waals surface area contributed by atoms with Crippen LogP contribution in [0.5, 0.6) is 17.2 Å². The Morgan fingerprint density at radius 3 is 1.70 bits per heavy atom. The third-order valence-electron chi connectivity index (χ3n) is 4.18. The van der Waals surface area contributed by atoms with Crippen molar-refractivity contribution in [1.82, 2.24) is 4.90 Å². The maximum absolute atomic E-state index is 12.5. The van der Waals surface area contributed by atoms with Crippen molar-refractivity contribution < 1.29 is 27.4 Å². The number of unbranched alkanes of at least 4 members (excludes halogenated alkanes) is 1. The van der Waals surface area contributed by atoms with Crippen LogP contribution in [0, 0.1) is 0 Å². The smallest absolute Gasteiger partial charge is 0.253 e. The van der Waals surface area contributed by atoms with Crippen LogP contribution in [-0.2, 0) is 9.84 Å². The van der Waals surface area contributed by atoms with Gasteiger partial charge in [-0.2, -0.15) is 0 Å². The standard InChI is InChI=1S/C16H25NO6S.C6H6/c1-17(8-6-7-9-24(5,19)20)16(18)12-10-13(21-2)15(23-4)14(11-12)22-3;1-2-4-6-5-3-1/h10-11H,6-9H2,1-5H3;1-6H. The van der Waals surface area contributed by atoms with Crippen molar-refractivity contribution in [3.8, 4) is 17.2 Å². The molecule has 166 valence electrons. The molecule has 2 aromatic rings. The maximum Gasteiger partial charge on any atom is 0.253 e. The van der Waals surface area contributed by atoms with E-state index >= 15 is 0 Å². The molecular weight excluding hydrogens is 406 g/mol. The number of ether oxygens (including phenoxy) is 3. The number of amides is 1. The lowest BCUT2D eigenvalue weighted by molar-refractivity contribution is 0.0792. The lowest BCUT2D eigenvalue weighted by Crippen LogP contribution is -2.28. The van der Waals surface area contributed by atoms with Gasteiger partial charge in [0.25, 0.3) is 5.91 Å². The van der Waals surface area contributed by atoms with Gasteiger partial charge in [0.15, 0.2) is 11.5 Å². The molecule has 0 aliphatic heterocycles. The minimum absolute atomic E-state index is 0.124. The Morgan fingerprint density at radius 1 is 0.867 bits per heavy atom. The molecule has 1 amide bonds. The first kappa shape index (κ1) is 25.3. The van der Waals surface area contributed by atoms with Gasteiger partial charge in [0.2, 0.25) is 5.75 Å². The van der Waals surface area contributed by atoms with Gasteiger partial charge < -0.3 is 19.1 Å². The van der Waals surface area contributed by atoms with Crippen LogP contribution in [0.1, 0.15) is 23.2 Å². The molecule has 2 rings (SSSR count). The highest BCUT2D eigenvalue weighted by atomic mass is 32.2. The summed E-state index contributed by atoms with van der Waals surface area (Å²) in [5, 5.41) is 0. The van der Waals surface area contributed by atoms with E-state index in [1.807, 2.05) is 36.4 Å². The molecule has 0 saturated heterocycles. The quantitative estimate of drug-likeness (QED) is 0.560. The van der Waals surface area contributed by atoms with Crippen LogP contribution in [0.2, 0.25) is 0 Å². The third kappa shape index (κ3) is 8.73. The first-order valence-corrected chi connectivity index (χ1v) is 11.5. The lowest BCUT2D eigenvalue weighted by Gasteiger charge is -2.19. The van der Waals surface area contributed by atoms with Gasteiger partial charge in [-0.3, -0.25) is 4.79 Å². The molecule has 30 heavy (non-hydrogen) atoms. The number of hydrogen-bond acceptors (Lipinski definition) is 6. The molecule has 0 atom stereocenters. The summed E-state index contributed by atoms with van der Waals surface area (Å²) in [6.45, 7) is 0.463. The van der Waals surface area contributed by atoms with Crippen LogP contribution in [-0.4, -0.2) is 66.2 Å². The van der Waals surface area contributed by atoms with E-state index in [1.165, 1.54) is 27.6 Å². The summed E-state index contributed by atoms with van der Waals surface area (Å²) in [4.78, 5) is 14.1. The molecule has 0 bridgehead atoms. The second kappa shape index (κ2) is 12.7. The zero-order chi connectivity index (χ0) is 22.6. The van der Waals surface area contributed by atoms with Crippen molar-refractivity contribution in [1.29, 1.82) is 0 Å². The molecular formula is C22H31NO6S. The van der Waals surface area contributed by atoms with Crippen molar-refractivity contribution in [2.24, 2.45) is 0 Å². The molecule has 0 unspecified atom stereocenters. The molecule has 8 heteroatoms. The highest BCUT2D eigenvalue weighted by Crippen LogP contribution is 2.38. The third-order valence-corrected chi connectivity index (χ3v) is 5.21. The highest BCUT2D eigenvalue weighted by molar-refractivity contribution is 7.90. The minimum Gasteiger partial charge on any atom is -0.493 e. The minimum atomic E-state index is -2.97. The molecule has 2 aromatic carbocycles. The summed E-state index contributed by atoms with van der Waals surface area (Å²) in [6.07, 6.45) is 2.34. The Kier molecular flexibility index (Phi) is 10.7. The summed E-state index contributed by atoms with van der Waals surface area (Å²) >= 11 is 0. The van der Waals surface area contributed by atoms with E-state index in [-0.39, 0.29) is 11.7 Å². The van der Waals surface area contributed by atoms with E-state index in [2.05, 4.69) is 0 Å². The number of hydrogen-bond donors (Lipinski definition) is 0. The summed E-state index contributed by atoms with van der Waals surface area (Å²) in [7, 11) is 3.17. The van der Waals surface area contributed by atoms with Gasteiger partial charge in [-0.1, -0.05) is 36.4 Å². The van der Waals surface area contributed by atoms with Crippen LogP contribution in [0.4, 0.5) is 0 Å². The van der Waals surface area contributed by atoms with Crippen molar-refractivity contribution in [3.63, 3.8) is 0 Å². The molecule has 0 radical (unpaired) electrons.